The minimum atomic E-state index is -3.79. The molecule has 31 heavy (non-hydrogen) atoms. The van der Waals surface area contributed by atoms with Gasteiger partial charge in [-0.15, -0.1) is 11.3 Å². The lowest BCUT2D eigenvalue weighted by atomic mass is 10.1. The first-order chi connectivity index (χ1) is 14.9. The van der Waals surface area contributed by atoms with E-state index >= 15 is 0 Å². The lowest BCUT2D eigenvalue weighted by Gasteiger charge is -2.30. The van der Waals surface area contributed by atoms with E-state index in [-0.39, 0.29) is 16.8 Å². The molecule has 0 radical (unpaired) electrons. The highest BCUT2D eigenvalue weighted by atomic mass is 32.2. The summed E-state index contributed by atoms with van der Waals surface area (Å²) in [5.41, 5.74) is 1.55. The van der Waals surface area contributed by atoms with Crippen LogP contribution in [-0.2, 0) is 10.0 Å². The lowest BCUT2D eigenvalue weighted by Crippen LogP contribution is -2.40. The maximum Gasteiger partial charge on any atom is 0.439 e. The molecule has 2 heterocycles. The zero-order valence-electron chi connectivity index (χ0n) is 17.0. The Morgan fingerprint density at radius 1 is 1.16 bits per heavy atom. The highest BCUT2D eigenvalue weighted by Crippen LogP contribution is 2.45. The highest BCUT2D eigenvalue weighted by molar-refractivity contribution is 7.93. The number of benzene rings is 2. The summed E-state index contributed by atoms with van der Waals surface area (Å²) in [6.45, 7) is 3.98. The third kappa shape index (κ3) is 3.47. The van der Waals surface area contributed by atoms with Crippen molar-refractivity contribution in [2.75, 3.05) is 4.31 Å². The third-order valence-electron chi connectivity index (χ3n) is 5.82. The normalized spacial score (nSPS) is 15.3. The van der Waals surface area contributed by atoms with Gasteiger partial charge in [0.05, 0.1) is 4.90 Å². The predicted octanol–water partition coefficient (Wildman–Crippen LogP) is 4.55. The molecule has 2 aromatic carbocycles. The fourth-order valence-electron chi connectivity index (χ4n) is 3.91. The van der Waals surface area contributed by atoms with Gasteiger partial charge in [-0.25, -0.2) is 13.2 Å². The van der Waals surface area contributed by atoms with Gasteiger partial charge in [0.2, 0.25) is 0 Å². The van der Waals surface area contributed by atoms with Crippen LogP contribution in [0.15, 0.2) is 62.7 Å². The average Bonchev–Trinajstić information content (AvgIpc) is 3.46. The van der Waals surface area contributed by atoms with Crippen LogP contribution in [0.3, 0.4) is 0 Å². The zero-order valence-corrected chi connectivity index (χ0v) is 18.7. The van der Waals surface area contributed by atoms with Crippen molar-refractivity contribution in [2.24, 2.45) is 5.92 Å². The first kappa shape index (κ1) is 20.0. The van der Waals surface area contributed by atoms with Crippen molar-refractivity contribution in [1.29, 1.82) is 0 Å². The van der Waals surface area contributed by atoms with E-state index in [1.807, 2.05) is 38.1 Å². The predicted molar refractivity (Wildman–Crippen MR) is 121 cm³/mol. The van der Waals surface area contributed by atoms with Crippen molar-refractivity contribution in [1.82, 2.24) is 10.1 Å². The van der Waals surface area contributed by atoms with E-state index < -0.39 is 15.8 Å². The van der Waals surface area contributed by atoms with Gasteiger partial charge in [0.15, 0.2) is 5.82 Å². The molecule has 1 saturated carbocycles. The van der Waals surface area contributed by atoms with Crippen molar-refractivity contribution in [3.05, 3.63) is 64.6 Å². The molecule has 9 heteroatoms. The van der Waals surface area contributed by atoms with Crippen molar-refractivity contribution in [3.8, 4) is 11.4 Å². The standard InChI is InChI=1S/C22H21N3O4S2/c1-13-18-5-3-4-6-19(18)30-21(13)25(14(2)15-7-8-15)31(27,28)17-11-9-16(10-12-17)20-23-22(26)29-24-20/h3-6,9-12,14-15H,7-8H2,1-2H3,(H,23,24,26). The number of rotatable bonds is 6. The molecule has 7 nitrogen and oxygen atoms in total. The number of aryl methyl sites for hydroxylation is 1. The van der Waals surface area contributed by atoms with Crippen LogP contribution in [0.1, 0.15) is 25.3 Å². The summed E-state index contributed by atoms with van der Waals surface area (Å²) in [4.78, 5) is 13.9. The van der Waals surface area contributed by atoms with Gasteiger partial charge in [-0.1, -0.05) is 23.4 Å². The molecule has 1 fully saturated rings. The molecular formula is C22H21N3O4S2. The van der Waals surface area contributed by atoms with E-state index in [1.54, 1.807) is 28.6 Å². The van der Waals surface area contributed by atoms with Gasteiger partial charge in [-0.2, -0.15) is 0 Å². The number of nitrogens with zero attached hydrogens (tertiary/aromatic N) is 2. The number of fused-ring (bicyclic) bond motifs is 1. The van der Waals surface area contributed by atoms with Gasteiger partial charge >= 0.3 is 5.76 Å². The minimum absolute atomic E-state index is 0.136. The summed E-state index contributed by atoms with van der Waals surface area (Å²) >= 11 is 1.51. The van der Waals surface area contributed by atoms with Crippen LogP contribution in [0.5, 0.6) is 0 Å². The second-order valence-electron chi connectivity index (χ2n) is 7.88. The number of sulfonamides is 1. The zero-order chi connectivity index (χ0) is 21.8. The van der Waals surface area contributed by atoms with Crippen LogP contribution < -0.4 is 10.1 Å². The van der Waals surface area contributed by atoms with Crippen molar-refractivity contribution in [3.63, 3.8) is 0 Å². The summed E-state index contributed by atoms with van der Waals surface area (Å²) in [7, 11) is -3.79. The van der Waals surface area contributed by atoms with Gasteiger partial charge in [0, 0.05) is 16.3 Å². The number of anilines is 1. The van der Waals surface area contributed by atoms with E-state index in [9.17, 15) is 13.2 Å². The third-order valence-corrected chi connectivity index (χ3v) is 9.11. The summed E-state index contributed by atoms with van der Waals surface area (Å²) in [5.74, 6) is -0.0345. The van der Waals surface area contributed by atoms with Crippen LogP contribution in [0.4, 0.5) is 5.00 Å². The van der Waals surface area contributed by atoms with Gasteiger partial charge in [-0.3, -0.25) is 13.8 Å². The molecule has 1 aliphatic carbocycles. The second kappa shape index (κ2) is 7.35. The minimum Gasteiger partial charge on any atom is -0.296 e. The maximum atomic E-state index is 13.8. The molecular weight excluding hydrogens is 434 g/mol. The average molecular weight is 456 g/mol. The largest absolute Gasteiger partial charge is 0.439 e. The van der Waals surface area contributed by atoms with Gasteiger partial charge in [0.25, 0.3) is 10.0 Å². The van der Waals surface area contributed by atoms with Crippen molar-refractivity contribution in [2.45, 2.75) is 37.6 Å². The van der Waals surface area contributed by atoms with Crippen LogP contribution >= 0.6 is 11.3 Å². The van der Waals surface area contributed by atoms with Crippen LogP contribution in [0.25, 0.3) is 21.5 Å². The van der Waals surface area contributed by atoms with Crippen LogP contribution in [-0.4, -0.2) is 24.6 Å². The smallest absolute Gasteiger partial charge is 0.296 e. The summed E-state index contributed by atoms with van der Waals surface area (Å²) < 4.78 is 34.9. The topological polar surface area (TPSA) is 96.3 Å². The first-order valence-corrected chi connectivity index (χ1v) is 12.3. The van der Waals surface area contributed by atoms with Crippen molar-refractivity contribution >= 4 is 36.4 Å². The fraction of sp³-hybridized carbons (Fsp3) is 0.273. The quantitative estimate of drug-likeness (QED) is 0.460. The van der Waals surface area contributed by atoms with E-state index in [4.69, 9.17) is 0 Å². The van der Waals surface area contributed by atoms with Crippen molar-refractivity contribution < 1.29 is 12.9 Å². The summed E-state index contributed by atoms with van der Waals surface area (Å²) in [6, 6.07) is 14.2. The Bertz CT molecular complexity index is 1410. The molecule has 0 amide bonds. The Hall–Kier alpha value is -2.91. The molecule has 1 unspecified atom stereocenters. The highest BCUT2D eigenvalue weighted by Gasteiger charge is 2.40. The van der Waals surface area contributed by atoms with Crippen LogP contribution in [0, 0.1) is 12.8 Å². The molecule has 1 atom stereocenters. The summed E-state index contributed by atoms with van der Waals surface area (Å²) in [6.07, 6.45) is 2.07. The number of H-pyrrole nitrogens is 1. The Kier molecular flexibility index (Phi) is 4.75. The summed E-state index contributed by atoms with van der Waals surface area (Å²) in [5, 5.41) is 5.50. The van der Waals surface area contributed by atoms with Gasteiger partial charge < -0.3 is 0 Å². The lowest BCUT2D eigenvalue weighted by molar-refractivity contribution is 0.388. The number of nitrogens with one attached hydrogen (secondary N) is 1. The van der Waals surface area contributed by atoms with E-state index in [0.29, 0.717) is 11.5 Å². The Labute approximate surface area is 183 Å². The molecule has 0 bridgehead atoms. The Balaban J connectivity index is 1.60. The Morgan fingerprint density at radius 2 is 1.87 bits per heavy atom. The SMILES string of the molecule is Cc1c(N(C(C)C2CC2)S(=O)(=O)c2ccc(-c3noc(=O)[nH]3)cc2)sc2ccccc12. The monoisotopic (exact) mass is 455 g/mol. The molecule has 160 valence electrons. The number of hydrogen-bond acceptors (Lipinski definition) is 6. The fourth-order valence-corrected chi connectivity index (χ4v) is 7.19. The molecule has 0 spiro atoms. The number of aromatic amines is 1. The molecule has 4 aromatic rings. The first-order valence-electron chi connectivity index (χ1n) is 10.1. The second-order valence-corrected chi connectivity index (χ2v) is 10.7. The van der Waals surface area contributed by atoms with E-state index in [2.05, 4.69) is 14.7 Å². The Morgan fingerprint density at radius 3 is 2.48 bits per heavy atom. The van der Waals surface area contributed by atoms with Gasteiger partial charge in [0.1, 0.15) is 5.00 Å². The molecule has 0 aliphatic heterocycles. The number of thiophene rings is 1. The molecule has 2 aromatic heterocycles. The molecule has 1 N–H and O–H groups in total. The number of hydrogen-bond donors (Lipinski definition) is 1. The van der Waals surface area contributed by atoms with Gasteiger partial charge in [-0.05, 0) is 73.9 Å². The number of aromatic nitrogens is 2. The molecule has 0 saturated heterocycles. The molecule has 1 aliphatic rings. The van der Waals surface area contributed by atoms with Crippen LogP contribution in [0.2, 0.25) is 0 Å². The van der Waals surface area contributed by atoms with E-state index in [1.165, 1.54) is 11.3 Å². The maximum absolute atomic E-state index is 13.8. The molecule has 5 rings (SSSR count). The van der Waals surface area contributed by atoms with E-state index in [0.717, 1.165) is 33.5 Å².